The number of nitrogens with zero attached hydrogens (tertiary/aromatic N) is 2. The molecule has 1 aromatic rings. The smallest absolute Gasteiger partial charge is 0.471 e. The Morgan fingerprint density at radius 2 is 1.88 bits per heavy atom. The van der Waals surface area contributed by atoms with E-state index in [1.165, 1.54) is 0 Å². The minimum absolute atomic E-state index is 0.154. The number of halogens is 3. The van der Waals surface area contributed by atoms with Crippen LogP contribution in [0.2, 0.25) is 0 Å². The molecule has 3 N–H and O–H groups in total. The summed E-state index contributed by atoms with van der Waals surface area (Å²) in [6.45, 7) is -1.02. The van der Waals surface area contributed by atoms with E-state index < -0.39 is 62.2 Å². The average Bonchev–Trinajstić information content (AvgIpc) is 2.44. The summed E-state index contributed by atoms with van der Waals surface area (Å²) in [6, 6.07) is 1.61. The minimum Gasteiger partial charge on any atom is -0.481 e. The Kier molecular flexibility index (Phi) is 5.70. The number of nitrogens with two attached hydrogens (primary N) is 1. The van der Waals surface area contributed by atoms with Crippen molar-refractivity contribution >= 4 is 33.3 Å². The van der Waals surface area contributed by atoms with E-state index in [-0.39, 0.29) is 4.90 Å². The molecule has 0 heterocycles. The fraction of sp³-hybridized carbons (Fsp3) is 0.273. The summed E-state index contributed by atoms with van der Waals surface area (Å²) >= 11 is 0. The molecule has 25 heavy (non-hydrogen) atoms. The number of primary sulfonamides is 1. The first-order valence-corrected chi connectivity index (χ1v) is 7.71. The number of anilines is 1. The molecular formula is C11H10F3N3O7S. The van der Waals surface area contributed by atoms with Crippen LogP contribution in [0.25, 0.3) is 0 Å². The lowest BCUT2D eigenvalue weighted by atomic mass is 10.2. The number of carboxylic acid groups (broad SMARTS) is 1. The number of amides is 1. The van der Waals surface area contributed by atoms with Crippen LogP contribution in [0.4, 0.5) is 24.5 Å². The predicted octanol–water partition coefficient (Wildman–Crippen LogP) is 0.612. The quantitative estimate of drug-likeness (QED) is 0.535. The fourth-order valence-corrected chi connectivity index (χ4v) is 2.28. The molecule has 0 saturated carbocycles. The number of nitro benzene ring substituents is 1. The summed E-state index contributed by atoms with van der Waals surface area (Å²) < 4.78 is 60.5. The molecule has 14 heteroatoms. The fourth-order valence-electron chi connectivity index (χ4n) is 1.75. The first-order valence-electron chi connectivity index (χ1n) is 6.17. The number of alkyl halides is 3. The Hall–Kier alpha value is -2.74. The van der Waals surface area contributed by atoms with Crippen molar-refractivity contribution in [3.63, 3.8) is 0 Å². The summed E-state index contributed by atoms with van der Waals surface area (Å²) in [7, 11) is -4.40. The van der Waals surface area contributed by atoms with Crippen molar-refractivity contribution in [1.29, 1.82) is 0 Å². The van der Waals surface area contributed by atoms with Gasteiger partial charge in [-0.3, -0.25) is 24.6 Å². The molecule has 0 fully saturated rings. The zero-order valence-electron chi connectivity index (χ0n) is 12.1. The number of hydrogen-bond acceptors (Lipinski definition) is 6. The minimum atomic E-state index is -5.44. The van der Waals surface area contributed by atoms with Crippen molar-refractivity contribution in [2.75, 3.05) is 11.4 Å². The van der Waals surface area contributed by atoms with Crippen molar-refractivity contribution in [1.82, 2.24) is 0 Å². The summed E-state index contributed by atoms with van der Waals surface area (Å²) in [6.07, 6.45) is -6.37. The van der Waals surface area contributed by atoms with Crippen molar-refractivity contribution < 1.29 is 41.2 Å². The normalized spacial score (nSPS) is 11.8. The second-order valence-electron chi connectivity index (χ2n) is 4.55. The SMILES string of the molecule is NS(=O)(=O)c1ccc(N(CCC(=O)O)C(=O)C(F)(F)F)c([N+](=O)[O-])c1. The van der Waals surface area contributed by atoms with Crippen LogP contribution in [0.15, 0.2) is 23.1 Å². The largest absolute Gasteiger partial charge is 0.481 e. The van der Waals surface area contributed by atoms with Crippen molar-refractivity contribution in [3.8, 4) is 0 Å². The van der Waals surface area contributed by atoms with E-state index >= 15 is 0 Å². The molecule has 0 atom stereocenters. The van der Waals surface area contributed by atoms with E-state index in [0.717, 1.165) is 0 Å². The molecule has 0 radical (unpaired) electrons. The van der Waals surface area contributed by atoms with E-state index in [9.17, 15) is 41.3 Å². The summed E-state index contributed by atoms with van der Waals surface area (Å²) in [5.74, 6) is -4.09. The number of benzene rings is 1. The van der Waals surface area contributed by atoms with E-state index in [4.69, 9.17) is 10.2 Å². The molecule has 0 saturated heterocycles. The molecule has 0 aliphatic carbocycles. The lowest BCUT2D eigenvalue weighted by molar-refractivity contribution is -0.384. The van der Waals surface area contributed by atoms with Gasteiger partial charge in [-0.1, -0.05) is 0 Å². The van der Waals surface area contributed by atoms with Gasteiger partial charge in [-0.2, -0.15) is 13.2 Å². The first-order chi connectivity index (χ1) is 11.2. The lowest BCUT2D eigenvalue weighted by Gasteiger charge is -2.23. The Labute approximate surface area is 137 Å². The third-order valence-corrected chi connectivity index (χ3v) is 3.71. The van der Waals surface area contributed by atoms with Gasteiger partial charge in [-0.05, 0) is 12.1 Å². The number of aliphatic carboxylic acids is 1. The molecular weight excluding hydrogens is 375 g/mol. The third kappa shape index (κ3) is 5.12. The summed E-state index contributed by atoms with van der Waals surface area (Å²) in [5, 5.41) is 24.4. The van der Waals surface area contributed by atoms with Gasteiger partial charge in [0.1, 0.15) is 5.69 Å². The maximum atomic E-state index is 12.7. The number of rotatable bonds is 6. The van der Waals surface area contributed by atoms with Crippen LogP contribution < -0.4 is 10.0 Å². The molecule has 0 aromatic heterocycles. The predicted molar refractivity (Wildman–Crippen MR) is 75.1 cm³/mol. The lowest BCUT2D eigenvalue weighted by Crippen LogP contribution is -2.42. The molecule has 1 amide bonds. The number of carbonyl (C=O) groups is 2. The highest BCUT2D eigenvalue weighted by Crippen LogP contribution is 2.33. The Balaban J connectivity index is 3.54. The number of carboxylic acids is 1. The Morgan fingerprint density at radius 1 is 1.32 bits per heavy atom. The third-order valence-electron chi connectivity index (χ3n) is 2.80. The second kappa shape index (κ2) is 7.02. The van der Waals surface area contributed by atoms with Gasteiger partial charge in [-0.25, -0.2) is 13.6 Å². The van der Waals surface area contributed by atoms with Gasteiger partial charge in [0, 0.05) is 12.6 Å². The first kappa shape index (κ1) is 20.3. The maximum Gasteiger partial charge on any atom is 0.471 e. The van der Waals surface area contributed by atoms with Gasteiger partial charge in [0.05, 0.1) is 16.2 Å². The molecule has 1 rings (SSSR count). The van der Waals surface area contributed by atoms with Gasteiger partial charge in [0.15, 0.2) is 0 Å². The highest BCUT2D eigenvalue weighted by molar-refractivity contribution is 7.89. The molecule has 0 spiro atoms. The number of nitro groups is 1. The summed E-state index contributed by atoms with van der Waals surface area (Å²) in [5.41, 5.74) is -2.07. The van der Waals surface area contributed by atoms with Gasteiger partial charge < -0.3 is 5.11 Å². The number of carbonyl (C=O) groups excluding carboxylic acids is 1. The van der Waals surface area contributed by atoms with Crippen molar-refractivity contribution in [2.45, 2.75) is 17.5 Å². The molecule has 0 unspecified atom stereocenters. The molecule has 0 bridgehead atoms. The van der Waals surface area contributed by atoms with Gasteiger partial charge in [0.2, 0.25) is 10.0 Å². The van der Waals surface area contributed by atoms with Crippen LogP contribution in [-0.2, 0) is 19.6 Å². The molecule has 0 aliphatic rings. The number of sulfonamides is 1. The Morgan fingerprint density at radius 3 is 2.28 bits per heavy atom. The molecule has 10 nitrogen and oxygen atoms in total. The highest BCUT2D eigenvalue weighted by Gasteiger charge is 2.44. The molecule has 1 aromatic carbocycles. The Bertz CT molecular complexity index is 823. The van der Waals surface area contributed by atoms with E-state index in [1.54, 1.807) is 0 Å². The van der Waals surface area contributed by atoms with E-state index in [1.807, 2.05) is 0 Å². The van der Waals surface area contributed by atoms with Crippen LogP contribution in [-0.4, -0.2) is 43.0 Å². The van der Waals surface area contributed by atoms with Crippen LogP contribution in [0, 0.1) is 10.1 Å². The monoisotopic (exact) mass is 385 g/mol. The van der Waals surface area contributed by atoms with Gasteiger partial charge in [-0.15, -0.1) is 0 Å². The summed E-state index contributed by atoms with van der Waals surface area (Å²) in [4.78, 5) is 31.0. The molecule has 0 aliphatic heterocycles. The standard InChI is InChI=1S/C11H10F3N3O7S/c12-11(13,14)10(20)16(4-3-9(18)19)7-2-1-6(25(15,23)24)5-8(7)17(21)22/h1-2,5H,3-4H2,(H,18,19)(H2,15,23,24). The second-order valence-corrected chi connectivity index (χ2v) is 6.11. The topological polar surface area (TPSA) is 161 Å². The van der Waals surface area contributed by atoms with Crippen molar-refractivity contribution in [3.05, 3.63) is 28.3 Å². The highest BCUT2D eigenvalue weighted by atomic mass is 32.2. The molecule has 138 valence electrons. The van der Waals surface area contributed by atoms with E-state index in [0.29, 0.717) is 18.2 Å². The van der Waals surface area contributed by atoms with Gasteiger partial charge >= 0.3 is 18.1 Å². The maximum absolute atomic E-state index is 12.7. The zero-order valence-corrected chi connectivity index (χ0v) is 12.9. The van der Waals surface area contributed by atoms with Gasteiger partial charge in [0.25, 0.3) is 5.69 Å². The van der Waals surface area contributed by atoms with Crippen LogP contribution >= 0.6 is 0 Å². The van der Waals surface area contributed by atoms with Crippen LogP contribution in [0.5, 0.6) is 0 Å². The number of hydrogen-bond donors (Lipinski definition) is 2. The van der Waals surface area contributed by atoms with E-state index in [2.05, 4.69) is 0 Å². The van der Waals surface area contributed by atoms with Crippen LogP contribution in [0.1, 0.15) is 6.42 Å². The zero-order chi connectivity index (χ0) is 19.6. The average molecular weight is 385 g/mol. The van der Waals surface area contributed by atoms with Crippen LogP contribution in [0.3, 0.4) is 0 Å². The van der Waals surface area contributed by atoms with Crippen molar-refractivity contribution in [2.24, 2.45) is 5.14 Å².